The Morgan fingerprint density at radius 3 is 2.24 bits per heavy atom. The standard InChI is InChI=1S/C9H14N2O4S2/c1-3-16(12,13)11-8-4-5-9(7(2)6-8)17(10,14)15/h4-6,11H,3H2,1-2H3,(H2,10,14,15). The van der Waals surface area contributed by atoms with Gasteiger partial charge < -0.3 is 0 Å². The third kappa shape index (κ3) is 3.69. The summed E-state index contributed by atoms with van der Waals surface area (Å²) in [7, 11) is -7.15. The van der Waals surface area contributed by atoms with E-state index in [0.29, 0.717) is 11.3 Å². The van der Waals surface area contributed by atoms with Gasteiger partial charge in [0.1, 0.15) is 0 Å². The Morgan fingerprint density at radius 1 is 1.24 bits per heavy atom. The van der Waals surface area contributed by atoms with E-state index in [9.17, 15) is 16.8 Å². The maximum atomic E-state index is 11.3. The number of rotatable bonds is 4. The normalized spacial score (nSPS) is 12.4. The molecule has 0 saturated carbocycles. The molecule has 0 aromatic heterocycles. The number of hydrogen-bond donors (Lipinski definition) is 2. The molecule has 0 saturated heterocycles. The Balaban J connectivity index is 3.15. The lowest BCUT2D eigenvalue weighted by atomic mass is 10.2. The van der Waals surface area contributed by atoms with E-state index in [1.807, 2.05) is 0 Å². The van der Waals surface area contributed by atoms with Gasteiger partial charge >= 0.3 is 0 Å². The smallest absolute Gasteiger partial charge is 0.238 e. The molecule has 8 heteroatoms. The number of hydrogen-bond acceptors (Lipinski definition) is 4. The van der Waals surface area contributed by atoms with Crippen molar-refractivity contribution in [3.8, 4) is 0 Å². The van der Waals surface area contributed by atoms with Crippen molar-refractivity contribution in [2.75, 3.05) is 10.5 Å². The minimum absolute atomic E-state index is 0.0167. The molecule has 6 nitrogen and oxygen atoms in total. The summed E-state index contributed by atoms with van der Waals surface area (Å²) in [5.41, 5.74) is 0.709. The summed E-state index contributed by atoms with van der Waals surface area (Å²) >= 11 is 0. The predicted molar refractivity (Wildman–Crippen MR) is 65.6 cm³/mol. The van der Waals surface area contributed by atoms with Gasteiger partial charge in [0.15, 0.2) is 0 Å². The lowest BCUT2D eigenvalue weighted by Gasteiger charge is -2.09. The van der Waals surface area contributed by atoms with Crippen LogP contribution in [0, 0.1) is 6.92 Å². The van der Waals surface area contributed by atoms with Gasteiger partial charge in [0, 0.05) is 5.69 Å². The fourth-order valence-corrected chi connectivity index (χ4v) is 2.68. The Morgan fingerprint density at radius 2 is 1.82 bits per heavy atom. The first-order chi connectivity index (χ1) is 7.65. The molecule has 0 spiro atoms. The zero-order valence-electron chi connectivity index (χ0n) is 9.47. The molecular formula is C9H14N2O4S2. The molecule has 0 aliphatic heterocycles. The van der Waals surface area contributed by atoms with Gasteiger partial charge in [-0.1, -0.05) is 0 Å². The van der Waals surface area contributed by atoms with E-state index in [-0.39, 0.29) is 10.6 Å². The van der Waals surface area contributed by atoms with Crippen molar-refractivity contribution >= 4 is 25.7 Å². The number of sulfonamides is 2. The molecule has 0 amide bonds. The SMILES string of the molecule is CCS(=O)(=O)Nc1ccc(S(N)(=O)=O)c(C)c1. The minimum Gasteiger partial charge on any atom is -0.284 e. The van der Waals surface area contributed by atoms with Crippen LogP contribution in [-0.2, 0) is 20.0 Å². The number of nitrogens with one attached hydrogen (secondary N) is 1. The van der Waals surface area contributed by atoms with E-state index in [4.69, 9.17) is 5.14 Å². The van der Waals surface area contributed by atoms with Crippen molar-refractivity contribution in [3.63, 3.8) is 0 Å². The molecule has 3 N–H and O–H groups in total. The van der Waals surface area contributed by atoms with Crippen LogP contribution in [-0.4, -0.2) is 22.6 Å². The third-order valence-corrected chi connectivity index (χ3v) is 4.51. The molecule has 0 fully saturated rings. The highest BCUT2D eigenvalue weighted by Crippen LogP contribution is 2.19. The van der Waals surface area contributed by atoms with Gasteiger partial charge in [-0.15, -0.1) is 0 Å². The monoisotopic (exact) mass is 278 g/mol. The predicted octanol–water partition coefficient (Wildman–Crippen LogP) is 0.404. The van der Waals surface area contributed by atoms with Crippen molar-refractivity contribution in [1.82, 2.24) is 0 Å². The molecule has 0 atom stereocenters. The number of nitrogens with two attached hydrogens (primary N) is 1. The summed E-state index contributed by atoms with van der Waals surface area (Å²) in [6, 6.07) is 4.06. The third-order valence-electron chi connectivity index (χ3n) is 2.13. The molecule has 1 aromatic carbocycles. The maximum absolute atomic E-state index is 11.3. The van der Waals surface area contributed by atoms with Gasteiger partial charge in [-0.3, -0.25) is 4.72 Å². The molecule has 0 heterocycles. The highest BCUT2D eigenvalue weighted by molar-refractivity contribution is 7.92. The van der Waals surface area contributed by atoms with Gasteiger partial charge in [-0.2, -0.15) is 0 Å². The van der Waals surface area contributed by atoms with Crippen molar-refractivity contribution in [2.45, 2.75) is 18.7 Å². The van der Waals surface area contributed by atoms with Crippen LogP contribution < -0.4 is 9.86 Å². The Kier molecular flexibility index (Phi) is 3.80. The lowest BCUT2D eigenvalue weighted by Crippen LogP contribution is -2.16. The maximum Gasteiger partial charge on any atom is 0.238 e. The molecule has 0 aliphatic rings. The van der Waals surface area contributed by atoms with Gasteiger partial charge in [-0.25, -0.2) is 22.0 Å². The first kappa shape index (κ1) is 13.9. The van der Waals surface area contributed by atoms with Gasteiger partial charge in [0.25, 0.3) is 0 Å². The van der Waals surface area contributed by atoms with Crippen LogP contribution in [0.4, 0.5) is 5.69 Å². The van der Waals surface area contributed by atoms with E-state index >= 15 is 0 Å². The van der Waals surface area contributed by atoms with E-state index in [1.54, 1.807) is 6.92 Å². The van der Waals surface area contributed by atoms with Gasteiger partial charge in [0.2, 0.25) is 20.0 Å². The second-order valence-electron chi connectivity index (χ2n) is 3.53. The molecule has 0 aliphatic carbocycles. The molecule has 0 unspecified atom stereocenters. The molecule has 96 valence electrons. The number of benzene rings is 1. The summed E-state index contributed by atoms with van der Waals surface area (Å²) in [5, 5.41) is 4.99. The highest BCUT2D eigenvalue weighted by Gasteiger charge is 2.13. The first-order valence-electron chi connectivity index (χ1n) is 4.79. The average molecular weight is 278 g/mol. The van der Waals surface area contributed by atoms with Crippen molar-refractivity contribution < 1.29 is 16.8 Å². The van der Waals surface area contributed by atoms with Crippen LogP contribution in [0.15, 0.2) is 23.1 Å². The topological polar surface area (TPSA) is 106 Å². The van der Waals surface area contributed by atoms with Crippen LogP contribution in [0.5, 0.6) is 0 Å². The Labute approximate surface area is 101 Å². The van der Waals surface area contributed by atoms with Crippen molar-refractivity contribution in [1.29, 1.82) is 0 Å². The molecular weight excluding hydrogens is 264 g/mol. The number of primary sulfonamides is 1. The second-order valence-corrected chi connectivity index (χ2v) is 7.07. The number of anilines is 1. The van der Waals surface area contributed by atoms with Gasteiger partial charge in [-0.05, 0) is 37.6 Å². The van der Waals surface area contributed by atoms with Crippen molar-refractivity contribution in [2.24, 2.45) is 5.14 Å². The summed E-state index contributed by atoms with van der Waals surface area (Å²) in [5.74, 6) is -0.0526. The van der Waals surface area contributed by atoms with E-state index < -0.39 is 20.0 Å². The quantitative estimate of drug-likeness (QED) is 0.831. The molecule has 17 heavy (non-hydrogen) atoms. The largest absolute Gasteiger partial charge is 0.284 e. The van der Waals surface area contributed by atoms with Crippen LogP contribution in [0.3, 0.4) is 0 Å². The van der Waals surface area contributed by atoms with Crippen LogP contribution in [0.1, 0.15) is 12.5 Å². The molecule has 1 aromatic rings. The fourth-order valence-electron chi connectivity index (χ4n) is 1.28. The molecule has 1 rings (SSSR count). The highest BCUT2D eigenvalue weighted by atomic mass is 32.2. The van der Waals surface area contributed by atoms with Crippen LogP contribution in [0.2, 0.25) is 0 Å². The van der Waals surface area contributed by atoms with E-state index in [1.165, 1.54) is 25.1 Å². The average Bonchev–Trinajstić information content (AvgIpc) is 2.15. The van der Waals surface area contributed by atoms with Crippen LogP contribution in [0.25, 0.3) is 0 Å². The Bertz CT molecular complexity index is 620. The minimum atomic E-state index is -3.78. The first-order valence-corrected chi connectivity index (χ1v) is 7.99. The summed E-state index contributed by atoms with van der Waals surface area (Å²) in [6.45, 7) is 3.05. The zero-order chi connectivity index (χ0) is 13.3. The fraction of sp³-hybridized carbons (Fsp3) is 0.333. The molecule has 0 radical (unpaired) electrons. The van der Waals surface area contributed by atoms with Crippen molar-refractivity contribution in [3.05, 3.63) is 23.8 Å². The lowest BCUT2D eigenvalue weighted by molar-refractivity contribution is 0.597. The van der Waals surface area contributed by atoms with Gasteiger partial charge in [0.05, 0.1) is 10.6 Å². The zero-order valence-corrected chi connectivity index (χ0v) is 11.1. The Hall–Kier alpha value is -1.12. The summed E-state index contributed by atoms with van der Waals surface area (Å²) in [4.78, 5) is -0.0167. The summed E-state index contributed by atoms with van der Waals surface area (Å²) in [6.07, 6.45) is 0. The summed E-state index contributed by atoms with van der Waals surface area (Å²) < 4.78 is 47.2. The van der Waals surface area contributed by atoms with E-state index in [2.05, 4.69) is 4.72 Å². The molecule has 0 bridgehead atoms. The number of aryl methyl sites for hydroxylation is 1. The second kappa shape index (κ2) is 4.63. The van der Waals surface area contributed by atoms with E-state index in [0.717, 1.165) is 0 Å². The van der Waals surface area contributed by atoms with Crippen LogP contribution >= 0.6 is 0 Å².